The average Bonchev–Trinajstić information content (AvgIpc) is 2.85. The highest BCUT2D eigenvalue weighted by Crippen LogP contribution is 2.30. The van der Waals surface area contributed by atoms with Gasteiger partial charge in [-0.2, -0.15) is 0 Å². The molecular formula is C14H24Cl2N2O2. The lowest BCUT2D eigenvalue weighted by Gasteiger charge is -2.15. The maximum absolute atomic E-state index is 9.76. The fourth-order valence-corrected chi connectivity index (χ4v) is 2.34. The highest BCUT2D eigenvalue weighted by Gasteiger charge is 2.15. The number of rotatable bonds is 7. The second kappa shape index (κ2) is 10.2. The van der Waals surface area contributed by atoms with Gasteiger partial charge in [-0.05, 0) is 36.5 Å². The zero-order valence-electron chi connectivity index (χ0n) is 11.5. The lowest BCUT2D eigenvalue weighted by Crippen LogP contribution is -2.34. The van der Waals surface area contributed by atoms with Gasteiger partial charge in [0.1, 0.15) is 18.5 Å². The number of fused-ring (bicyclic) bond motifs is 1. The molecule has 1 aromatic carbocycles. The summed E-state index contributed by atoms with van der Waals surface area (Å²) in [5.74, 6) is 0.933. The molecule has 1 aliphatic rings. The Morgan fingerprint density at radius 3 is 2.85 bits per heavy atom. The van der Waals surface area contributed by atoms with E-state index in [0.717, 1.165) is 25.1 Å². The van der Waals surface area contributed by atoms with Crippen LogP contribution in [-0.4, -0.2) is 37.5 Å². The summed E-state index contributed by atoms with van der Waals surface area (Å²) in [6.07, 6.45) is 2.95. The highest BCUT2D eigenvalue weighted by molar-refractivity contribution is 5.85. The monoisotopic (exact) mass is 322 g/mol. The van der Waals surface area contributed by atoms with Crippen LogP contribution in [0.2, 0.25) is 0 Å². The highest BCUT2D eigenvalue weighted by atomic mass is 35.5. The van der Waals surface area contributed by atoms with Crippen molar-refractivity contribution in [3.05, 3.63) is 29.3 Å². The van der Waals surface area contributed by atoms with Crippen LogP contribution in [0.4, 0.5) is 0 Å². The summed E-state index contributed by atoms with van der Waals surface area (Å²) in [4.78, 5) is 0. The molecule has 0 radical (unpaired) electrons. The number of aliphatic hydroxyl groups is 1. The maximum Gasteiger partial charge on any atom is 0.122 e. The van der Waals surface area contributed by atoms with Gasteiger partial charge in [0.05, 0.1) is 0 Å². The third-order valence-corrected chi connectivity index (χ3v) is 3.24. The van der Waals surface area contributed by atoms with Crippen LogP contribution in [0.5, 0.6) is 5.75 Å². The number of hydrogen-bond acceptors (Lipinski definition) is 4. The molecule has 0 aliphatic heterocycles. The molecule has 2 rings (SSSR count). The third kappa shape index (κ3) is 5.46. The molecule has 0 bridgehead atoms. The molecular weight excluding hydrogens is 299 g/mol. The van der Waals surface area contributed by atoms with E-state index in [4.69, 9.17) is 10.5 Å². The standard InChI is InChI=1S/C14H22N2O2.2ClH/c15-7-8-16-9-12(17)10-18-14-6-2-4-11-3-1-5-13(11)14;;/h2,4,6,12,16-17H,1,3,5,7-10,15H2;2*1H. The number of nitrogens with two attached hydrogens (primary N) is 1. The molecule has 20 heavy (non-hydrogen) atoms. The minimum atomic E-state index is -0.492. The van der Waals surface area contributed by atoms with Crippen molar-refractivity contribution >= 4 is 24.8 Å². The Hall–Kier alpha value is -0.520. The van der Waals surface area contributed by atoms with Crippen LogP contribution in [0, 0.1) is 0 Å². The minimum Gasteiger partial charge on any atom is -0.491 e. The Kier molecular flexibility index (Phi) is 9.98. The summed E-state index contributed by atoms with van der Waals surface area (Å²) in [5.41, 5.74) is 8.08. The van der Waals surface area contributed by atoms with Crippen LogP contribution in [0.15, 0.2) is 18.2 Å². The summed E-state index contributed by atoms with van der Waals surface area (Å²) in [6.45, 7) is 2.15. The molecule has 1 atom stereocenters. The van der Waals surface area contributed by atoms with Gasteiger partial charge in [0.15, 0.2) is 0 Å². The zero-order valence-corrected chi connectivity index (χ0v) is 13.1. The van der Waals surface area contributed by atoms with Gasteiger partial charge in [-0.3, -0.25) is 0 Å². The van der Waals surface area contributed by atoms with Crippen molar-refractivity contribution in [1.29, 1.82) is 0 Å². The van der Waals surface area contributed by atoms with Crippen LogP contribution in [0.25, 0.3) is 0 Å². The SMILES string of the molecule is Cl.Cl.NCCNCC(O)COc1cccc2c1CCC2. The van der Waals surface area contributed by atoms with Gasteiger partial charge in [0.2, 0.25) is 0 Å². The molecule has 0 fully saturated rings. The first-order chi connectivity index (χ1) is 8.81. The quantitative estimate of drug-likeness (QED) is 0.662. The summed E-state index contributed by atoms with van der Waals surface area (Å²) in [7, 11) is 0. The lowest BCUT2D eigenvalue weighted by atomic mass is 10.1. The first-order valence-electron chi connectivity index (χ1n) is 6.63. The molecule has 1 aliphatic carbocycles. The largest absolute Gasteiger partial charge is 0.491 e. The molecule has 4 N–H and O–H groups in total. The summed E-state index contributed by atoms with van der Waals surface area (Å²) in [6, 6.07) is 6.18. The minimum absolute atomic E-state index is 0. The van der Waals surface area contributed by atoms with E-state index in [-0.39, 0.29) is 24.8 Å². The molecule has 1 unspecified atom stereocenters. The van der Waals surface area contributed by atoms with Crippen molar-refractivity contribution in [2.75, 3.05) is 26.2 Å². The van der Waals surface area contributed by atoms with E-state index in [9.17, 15) is 5.11 Å². The smallest absolute Gasteiger partial charge is 0.122 e. The van der Waals surface area contributed by atoms with Crippen LogP contribution in [0.1, 0.15) is 17.5 Å². The van der Waals surface area contributed by atoms with Gasteiger partial charge in [-0.25, -0.2) is 0 Å². The van der Waals surface area contributed by atoms with E-state index < -0.39 is 6.10 Å². The normalized spacial score (nSPS) is 13.9. The van der Waals surface area contributed by atoms with Gasteiger partial charge in [0.25, 0.3) is 0 Å². The number of ether oxygens (including phenoxy) is 1. The number of hydrogen-bond donors (Lipinski definition) is 3. The third-order valence-electron chi connectivity index (χ3n) is 3.24. The number of benzene rings is 1. The van der Waals surface area contributed by atoms with E-state index in [0.29, 0.717) is 19.7 Å². The molecule has 116 valence electrons. The predicted molar refractivity (Wildman–Crippen MR) is 86.4 cm³/mol. The number of aryl methyl sites for hydroxylation is 1. The summed E-state index contributed by atoms with van der Waals surface area (Å²) >= 11 is 0. The Morgan fingerprint density at radius 1 is 1.30 bits per heavy atom. The van der Waals surface area contributed by atoms with E-state index in [1.165, 1.54) is 17.5 Å². The predicted octanol–water partition coefficient (Wildman–Crippen LogP) is 1.31. The van der Waals surface area contributed by atoms with Crippen LogP contribution in [-0.2, 0) is 12.8 Å². The molecule has 6 heteroatoms. The average molecular weight is 323 g/mol. The fourth-order valence-electron chi connectivity index (χ4n) is 2.34. The molecule has 0 saturated carbocycles. The van der Waals surface area contributed by atoms with Gasteiger partial charge < -0.3 is 20.9 Å². The van der Waals surface area contributed by atoms with E-state index in [1.807, 2.05) is 12.1 Å². The van der Waals surface area contributed by atoms with Crippen molar-refractivity contribution < 1.29 is 9.84 Å². The van der Waals surface area contributed by atoms with Crippen LogP contribution in [0.3, 0.4) is 0 Å². The molecule has 1 aromatic rings. The molecule has 0 spiro atoms. The van der Waals surface area contributed by atoms with Gasteiger partial charge >= 0.3 is 0 Å². The lowest BCUT2D eigenvalue weighted by molar-refractivity contribution is 0.106. The summed E-state index contributed by atoms with van der Waals surface area (Å²) in [5, 5.41) is 12.8. The number of halogens is 2. The van der Waals surface area contributed by atoms with E-state index >= 15 is 0 Å². The second-order valence-corrected chi connectivity index (χ2v) is 4.71. The van der Waals surface area contributed by atoms with Crippen molar-refractivity contribution in [2.24, 2.45) is 5.73 Å². The molecule has 4 nitrogen and oxygen atoms in total. The Balaban J connectivity index is 0.00000180. The maximum atomic E-state index is 9.76. The van der Waals surface area contributed by atoms with Crippen LogP contribution >= 0.6 is 24.8 Å². The summed E-state index contributed by atoms with van der Waals surface area (Å²) < 4.78 is 5.72. The van der Waals surface area contributed by atoms with Crippen molar-refractivity contribution in [2.45, 2.75) is 25.4 Å². The van der Waals surface area contributed by atoms with Gasteiger partial charge in [-0.1, -0.05) is 12.1 Å². The molecule has 0 saturated heterocycles. The number of aliphatic hydroxyl groups excluding tert-OH is 1. The topological polar surface area (TPSA) is 67.5 Å². The Bertz CT molecular complexity index is 391. The first-order valence-corrected chi connectivity index (χ1v) is 6.63. The zero-order chi connectivity index (χ0) is 12.8. The molecule has 0 aromatic heterocycles. The Labute approximate surface area is 132 Å². The van der Waals surface area contributed by atoms with E-state index in [2.05, 4.69) is 11.4 Å². The Morgan fingerprint density at radius 2 is 2.10 bits per heavy atom. The van der Waals surface area contributed by atoms with Crippen molar-refractivity contribution in [3.8, 4) is 5.75 Å². The van der Waals surface area contributed by atoms with Gasteiger partial charge in [0, 0.05) is 19.6 Å². The van der Waals surface area contributed by atoms with Crippen molar-refractivity contribution in [3.63, 3.8) is 0 Å². The van der Waals surface area contributed by atoms with E-state index in [1.54, 1.807) is 0 Å². The van der Waals surface area contributed by atoms with Crippen molar-refractivity contribution in [1.82, 2.24) is 5.32 Å². The number of nitrogens with one attached hydrogen (secondary N) is 1. The fraction of sp³-hybridized carbons (Fsp3) is 0.571. The molecule has 0 heterocycles. The molecule has 0 amide bonds. The second-order valence-electron chi connectivity index (χ2n) is 4.71. The van der Waals surface area contributed by atoms with Crippen LogP contribution < -0.4 is 15.8 Å². The van der Waals surface area contributed by atoms with Gasteiger partial charge in [-0.15, -0.1) is 24.8 Å². The first kappa shape index (κ1) is 19.5.